The molecule has 1 N–H and O–H groups in total. The topological polar surface area (TPSA) is 84.9 Å². The van der Waals surface area contributed by atoms with Crippen molar-refractivity contribution in [2.75, 3.05) is 32.7 Å². The lowest BCUT2D eigenvalue weighted by molar-refractivity contribution is -0.122. The highest BCUT2D eigenvalue weighted by atomic mass is 32.2. The zero-order valence-electron chi connectivity index (χ0n) is 19.0. The van der Waals surface area contributed by atoms with Crippen LogP contribution >= 0.6 is 0 Å². The van der Waals surface area contributed by atoms with E-state index in [1.54, 1.807) is 37.4 Å². The summed E-state index contributed by atoms with van der Waals surface area (Å²) in [6.07, 6.45) is 5.92. The van der Waals surface area contributed by atoms with Gasteiger partial charge in [-0.2, -0.15) is 0 Å². The molecule has 0 bridgehead atoms. The van der Waals surface area contributed by atoms with Gasteiger partial charge in [-0.25, -0.2) is 12.7 Å². The Hall–Kier alpha value is -2.84. The van der Waals surface area contributed by atoms with Crippen molar-refractivity contribution in [2.45, 2.75) is 38.0 Å². The number of hydrogen-bond donors (Lipinski definition) is 1. The number of ether oxygens (including phenoxy) is 2. The molecule has 0 radical (unpaired) electrons. The minimum Gasteiger partial charge on any atom is -0.495 e. The first kappa shape index (κ1) is 23.3. The van der Waals surface area contributed by atoms with Gasteiger partial charge in [0.2, 0.25) is 0 Å². The summed E-state index contributed by atoms with van der Waals surface area (Å²) in [6.45, 7) is 0.0548. The highest BCUT2D eigenvalue weighted by Gasteiger charge is 2.44. The summed E-state index contributed by atoms with van der Waals surface area (Å²) in [5, 5.41) is 3.14. The number of benzene rings is 2. The Labute approximate surface area is 195 Å². The second kappa shape index (κ2) is 9.97. The number of rotatable bonds is 8. The fraction of sp³-hybridized carbons (Fsp3) is 0.400. The van der Waals surface area contributed by atoms with Crippen molar-refractivity contribution < 1.29 is 22.7 Å². The van der Waals surface area contributed by atoms with Gasteiger partial charge in [0, 0.05) is 7.11 Å². The molecule has 176 valence electrons. The van der Waals surface area contributed by atoms with Gasteiger partial charge in [0.1, 0.15) is 16.4 Å². The molecule has 8 heteroatoms. The van der Waals surface area contributed by atoms with E-state index < -0.39 is 15.9 Å². The van der Waals surface area contributed by atoms with E-state index in [0.717, 1.165) is 17.1 Å². The van der Waals surface area contributed by atoms with Crippen molar-refractivity contribution in [2.24, 2.45) is 0 Å². The Bertz CT molecular complexity index is 1140. The van der Waals surface area contributed by atoms with E-state index in [9.17, 15) is 13.2 Å². The lowest BCUT2D eigenvalue weighted by Crippen LogP contribution is -2.35. The van der Waals surface area contributed by atoms with Crippen LogP contribution in [-0.4, -0.2) is 46.0 Å². The van der Waals surface area contributed by atoms with Crippen LogP contribution in [0.15, 0.2) is 54.2 Å². The summed E-state index contributed by atoms with van der Waals surface area (Å²) in [6, 6.07) is 14.6. The molecule has 1 aliphatic carbocycles. The van der Waals surface area contributed by atoms with Crippen LogP contribution in [0.25, 0.3) is 4.91 Å². The monoisotopic (exact) mass is 470 g/mol. The van der Waals surface area contributed by atoms with Crippen LogP contribution in [-0.2, 0) is 19.6 Å². The third kappa shape index (κ3) is 4.63. The second-order valence-corrected chi connectivity index (χ2v) is 10.2. The number of carbonyl (C=O) groups excluding carboxylic acids is 1. The molecule has 0 aromatic heterocycles. The molecule has 1 aliphatic heterocycles. The minimum absolute atomic E-state index is 0.0244. The van der Waals surface area contributed by atoms with Crippen LogP contribution < -0.4 is 10.1 Å². The van der Waals surface area contributed by atoms with Gasteiger partial charge in [-0.3, -0.25) is 4.79 Å². The van der Waals surface area contributed by atoms with Crippen LogP contribution in [0.2, 0.25) is 0 Å². The van der Waals surface area contributed by atoms with Crippen molar-refractivity contribution in [1.82, 2.24) is 4.31 Å². The number of carbonyl (C=O) groups is 1. The zero-order chi connectivity index (χ0) is 23.4. The number of nitrogens with zero attached hydrogens (tertiary/aromatic N) is 1. The summed E-state index contributed by atoms with van der Waals surface area (Å²) < 4.78 is 38.3. The quantitative estimate of drug-likeness (QED) is 0.618. The van der Waals surface area contributed by atoms with Gasteiger partial charge in [0.25, 0.3) is 15.9 Å². The molecule has 1 saturated carbocycles. The number of nitrogens with one attached hydrogen (secondary N) is 1. The molecule has 0 atom stereocenters. The number of anilines is 1. The Morgan fingerprint density at radius 3 is 2.42 bits per heavy atom. The maximum atomic E-state index is 13.4. The van der Waals surface area contributed by atoms with E-state index in [0.29, 0.717) is 22.9 Å². The van der Waals surface area contributed by atoms with Gasteiger partial charge < -0.3 is 14.8 Å². The van der Waals surface area contributed by atoms with Gasteiger partial charge in [-0.05, 0) is 42.0 Å². The average molecular weight is 471 g/mol. The smallest absolute Gasteiger partial charge is 0.285 e. The summed E-state index contributed by atoms with van der Waals surface area (Å²) in [5.41, 5.74) is 2.23. The lowest BCUT2D eigenvalue weighted by Gasteiger charge is -2.23. The van der Waals surface area contributed by atoms with Gasteiger partial charge in [0.05, 0.1) is 25.9 Å². The maximum Gasteiger partial charge on any atom is 0.285 e. The molecule has 1 amide bonds. The van der Waals surface area contributed by atoms with Crippen molar-refractivity contribution >= 4 is 26.5 Å². The Morgan fingerprint density at radius 2 is 1.76 bits per heavy atom. The van der Waals surface area contributed by atoms with Crippen LogP contribution in [0.3, 0.4) is 0 Å². The predicted molar refractivity (Wildman–Crippen MR) is 128 cm³/mol. The Kier molecular flexibility index (Phi) is 7.05. The number of hydrogen-bond acceptors (Lipinski definition) is 6. The molecule has 2 aromatic carbocycles. The summed E-state index contributed by atoms with van der Waals surface area (Å²) in [7, 11) is -1.01. The molecule has 1 heterocycles. The first-order chi connectivity index (χ1) is 16.0. The van der Waals surface area contributed by atoms with Crippen LogP contribution in [0.4, 0.5) is 5.69 Å². The van der Waals surface area contributed by atoms with Gasteiger partial charge in [0.15, 0.2) is 0 Å². The summed E-state index contributed by atoms with van der Waals surface area (Å²) >= 11 is 0. The van der Waals surface area contributed by atoms with E-state index in [-0.39, 0.29) is 23.8 Å². The molecule has 0 unspecified atom stereocenters. The maximum absolute atomic E-state index is 13.4. The molecule has 0 saturated heterocycles. The van der Waals surface area contributed by atoms with E-state index >= 15 is 0 Å². The fourth-order valence-electron chi connectivity index (χ4n) is 4.61. The van der Waals surface area contributed by atoms with E-state index in [4.69, 9.17) is 9.47 Å². The van der Waals surface area contributed by atoms with Crippen LogP contribution in [0.1, 0.15) is 49.1 Å². The highest BCUT2D eigenvalue weighted by molar-refractivity contribution is 7.99. The molecule has 2 aromatic rings. The fourth-order valence-corrected chi connectivity index (χ4v) is 6.28. The average Bonchev–Trinajstić information content (AvgIpc) is 3.02. The third-order valence-electron chi connectivity index (χ3n) is 6.31. The third-order valence-corrected chi connectivity index (χ3v) is 8.19. The number of sulfonamides is 1. The van der Waals surface area contributed by atoms with Gasteiger partial charge in [-0.15, -0.1) is 0 Å². The van der Waals surface area contributed by atoms with Crippen LogP contribution in [0.5, 0.6) is 5.75 Å². The molecule has 33 heavy (non-hydrogen) atoms. The van der Waals surface area contributed by atoms with Gasteiger partial charge in [-0.1, -0.05) is 55.7 Å². The number of methoxy groups -OCH3 is 2. The summed E-state index contributed by atoms with van der Waals surface area (Å²) in [5.74, 6) is 0.403. The SMILES string of the molecule is COCCN1C(=O)C(Nc2cc(C3CCCCC3)ccc2OC)=C(c2ccccc2)S1(=O)=O. The molecule has 7 nitrogen and oxygen atoms in total. The molecule has 0 spiro atoms. The predicted octanol–water partition coefficient (Wildman–Crippen LogP) is 4.34. The molecule has 1 fully saturated rings. The van der Waals surface area contributed by atoms with Crippen molar-refractivity contribution in [3.63, 3.8) is 0 Å². The highest BCUT2D eigenvalue weighted by Crippen LogP contribution is 2.40. The molecular weight excluding hydrogens is 440 g/mol. The first-order valence-corrected chi connectivity index (χ1v) is 12.7. The van der Waals surface area contributed by atoms with E-state index in [1.165, 1.54) is 31.9 Å². The standard InChI is InChI=1S/C25H30N2O5S/c1-31-16-15-27-25(28)23(24(33(27,29)30)19-11-7-4-8-12-19)26-21-17-20(13-14-22(21)32-2)18-9-5-3-6-10-18/h4,7-8,11-14,17-18,26H,3,5-6,9-10,15-16H2,1-2H3. The Balaban J connectivity index is 1.79. The molecule has 4 rings (SSSR count). The Morgan fingerprint density at radius 1 is 1.03 bits per heavy atom. The van der Waals surface area contributed by atoms with Crippen molar-refractivity contribution in [3.05, 3.63) is 65.4 Å². The molecular formula is C25H30N2O5S. The van der Waals surface area contributed by atoms with E-state index in [2.05, 4.69) is 11.4 Å². The van der Waals surface area contributed by atoms with Crippen molar-refractivity contribution in [1.29, 1.82) is 0 Å². The zero-order valence-corrected chi connectivity index (χ0v) is 19.9. The number of amides is 1. The largest absolute Gasteiger partial charge is 0.495 e. The van der Waals surface area contributed by atoms with Crippen molar-refractivity contribution in [3.8, 4) is 5.75 Å². The molecule has 2 aliphatic rings. The summed E-state index contributed by atoms with van der Waals surface area (Å²) in [4.78, 5) is 13.3. The van der Waals surface area contributed by atoms with Gasteiger partial charge >= 0.3 is 0 Å². The van der Waals surface area contributed by atoms with Crippen LogP contribution in [0, 0.1) is 0 Å². The first-order valence-electron chi connectivity index (χ1n) is 11.3. The second-order valence-electron chi connectivity index (χ2n) is 8.36. The minimum atomic E-state index is -4.04. The lowest BCUT2D eigenvalue weighted by atomic mass is 9.84. The normalized spacial score (nSPS) is 18.6. The van der Waals surface area contributed by atoms with E-state index in [1.807, 2.05) is 12.1 Å².